The van der Waals surface area contributed by atoms with E-state index >= 15 is 0 Å². The minimum Gasteiger partial charge on any atom is -0.342 e. The summed E-state index contributed by atoms with van der Waals surface area (Å²) in [7, 11) is 1.96. The van der Waals surface area contributed by atoms with Crippen LogP contribution in [0.15, 0.2) is 42.5 Å². The van der Waals surface area contributed by atoms with Gasteiger partial charge in [0.15, 0.2) is 0 Å². The highest BCUT2D eigenvalue weighted by atomic mass is 16.2. The molecule has 2 amide bonds. The molecule has 27 heavy (non-hydrogen) atoms. The molecule has 2 aliphatic heterocycles. The monoisotopic (exact) mass is 365 g/mol. The van der Waals surface area contributed by atoms with Crippen molar-refractivity contribution in [1.29, 1.82) is 0 Å². The number of anilines is 1. The second-order valence-electron chi connectivity index (χ2n) is 7.75. The number of carbonyl (C=O) groups is 2. The standard InChI is InChI=1S/C22H27N3O2/c1-23-13-16-6-5-11-24(14-16)22(27)18-12-21(26)25(15-18)20-10-4-8-17-7-2-3-9-19(17)20/h2-4,7-10,16,18,23H,5-6,11-15H2,1H3. The second-order valence-corrected chi connectivity index (χ2v) is 7.75. The van der Waals surface area contributed by atoms with E-state index in [0.717, 1.165) is 48.9 Å². The average molecular weight is 365 g/mol. The Labute approximate surface area is 160 Å². The minimum absolute atomic E-state index is 0.0495. The van der Waals surface area contributed by atoms with Crippen LogP contribution in [0.1, 0.15) is 19.3 Å². The van der Waals surface area contributed by atoms with Crippen LogP contribution in [0.3, 0.4) is 0 Å². The Morgan fingerprint density at radius 2 is 1.96 bits per heavy atom. The molecule has 0 saturated carbocycles. The second kappa shape index (κ2) is 7.69. The van der Waals surface area contributed by atoms with Gasteiger partial charge in [-0.05, 0) is 43.8 Å². The molecule has 5 heteroatoms. The van der Waals surface area contributed by atoms with Gasteiger partial charge in [-0.25, -0.2) is 0 Å². The van der Waals surface area contributed by atoms with E-state index in [9.17, 15) is 9.59 Å². The number of piperidine rings is 1. The van der Waals surface area contributed by atoms with Crippen molar-refractivity contribution in [3.8, 4) is 0 Å². The highest BCUT2D eigenvalue weighted by Gasteiger charge is 2.38. The maximum Gasteiger partial charge on any atom is 0.228 e. The Morgan fingerprint density at radius 1 is 1.15 bits per heavy atom. The molecular weight excluding hydrogens is 338 g/mol. The highest BCUT2D eigenvalue weighted by Crippen LogP contribution is 2.32. The third kappa shape index (κ3) is 3.56. The van der Waals surface area contributed by atoms with Crippen molar-refractivity contribution < 1.29 is 9.59 Å². The first kappa shape index (κ1) is 18.0. The largest absolute Gasteiger partial charge is 0.342 e. The number of carbonyl (C=O) groups excluding carboxylic acids is 2. The summed E-state index contributed by atoms with van der Waals surface area (Å²) in [6.07, 6.45) is 2.53. The first-order valence-electron chi connectivity index (χ1n) is 9.89. The third-order valence-electron chi connectivity index (χ3n) is 5.86. The number of amides is 2. The van der Waals surface area contributed by atoms with E-state index in [1.54, 1.807) is 4.90 Å². The van der Waals surface area contributed by atoms with Crippen LogP contribution in [0.5, 0.6) is 0 Å². The number of nitrogens with one attached hydrogen (secondary N) is 1. The summed E-state index contributed by atoms with van der Waals surface area (Å²) >= 11 is 0. The van der Waals surface area contributed by atoms with Crippen molar-refractivity contribution in [3.05, 3.63) is 42.5 Å². The topological polar surface area (TPSA) is 52.7 Å². The van der Waals surface area contributed by atoms with Crippen LogP contribution in [-0.2, 0) is 9.59 Å². The van der Waals surface area contributed by atoms with Crippen LogP contribution < -0.4 is 10.2 Å². The van der Waals surface area contributed by atoms with E-state index in [1.807, 2.05) is 42.3 Å². The highest BCUT2D eigenvalue weighted by molar-refractivity contribution is 6.07. The third-order valence-corrected chi connectivity index (χ3v) is 5.86. The van der Waals surface area contributed by atoms with Crippen molar-refractivity contribution in [2.75, 3.05) is 38.1 Å². The number of hydrogen-bond donors (Lipinski definition) is 1. The molecule has 2 aromatic rings. The first-order valence-corrected chi connectivity index (χ1v) is 9.89. The fourth-order valence-corrected chi connectivity index (χ4v) is 4.53. The molecule has 0 aliphatic carbocycles. The van der Waals surface area contributed by atoms with Gasteiger partial charge in [0.25, 0.3) is 0 Å². The van der Waals surface area contributed by atoms with Crippen LogP contribution in [-0.4, -0.2) is 49.9 Å². The van der Waals surface area contributed by atoms with Gasteiger partial charge in [0.05, 0.1) is 11.6 Å². The van der Waals surface area contributed by atoms with Gasteiger partial charge >= 0.3 is 0 Å². The first-order chi connectivity index (χ1) is 13.2. The van der Waals surface area contributed by atoms with Crippen LogP contribution in [0.4, 0.5) is 5.69 Å². The van der Waals surface area contributed by atoms with Crippen LogP contribution in [0, 0.1) is 11.8 Å². The van der Waals surface area contributed by atoms with Crippen molar-refractivity contribution >= 4 is 28.3 Å². The maximum atomic E-state index is 13.1. The molecular formula is C22H27N3O2. The van der Waals surface area contributed by atoms with Gasteiger partial charge in [0, 0.05) is 31.4 Å². The summed E-state index contributed by atoms with van der Waals surface area (Å²) in [4.78, 5) is 29.6. The Morgan fingerprint density at radius 3 is 2.81 bits per heavy atom. The lowest BCUT2D eigenvalue weighted by atomic mass is 9.96. The van der Waals surface area contributed by atoms with Crippen molar-refractivity contribution in [2.24, 2.45) is 11.8 Å². The van der Waals surface area contributed by atoms with E-state index in [-0.39, 0.29) is 17.7 Å². The van der Waals surface area contributed by atoms with Crippen molar-refractivity contribution in [1.82, 2.24) is 10.2 Å². The molecule has 5 nitrogen and oxygen atoms in total. The van der Waals surface area contributed by atoms with Crippen LogP contribution in [0.2, 0.25) is 0 Å². The van der Waals surface area contributed by atoms with Gasteiger partial charge in [-0.1, -0.05) is 36.4 Å². The van der Waals surface area contributed by atoms with Gasteiger partial charge in [-0.3, -0.25) is 9.59 Å². The minimum atomic E-state index is -0.232. The lowest BCUT2D eigenvalue weighted by Crippen LogP contribution is -2.45. The molecule has 0 bridgehead atoms. The van der Waals surface area contributed by atoms with Crippen LogP contribution >= 0.6 is 0 Å². The molecule has 0 radical (unpaired) electrons. The Bertz CT molecular complexity index is 843. The fraction of sp³-hybridized carbons (Fsp3) is 0.455. The lowest BCUT2D eigenvalue weighted by molar-refractivity contribution is -0.137. The lowest BCUT2D eigenvalue weighted by Gasteiger charge is -2.34. The van der Waals surface area contributed by atoms with Gasteiger partial charge in [0.2, 0.25) is 11.8 Å². The predicted molar refractivity (Wildman–Crippen MR) is 108 cm³/mol. The summed E-state index contributed by atoms with van der Waals surface area (Å²) in [6, 6.07) is 14.1. The molecule has 2 heterocycles. The number of rotatable bonds is 4. The number of nitrogens with zero attached hydrogens (tertiary/aromatic N) is 2. The van der Waals surface area contributed by atoms with Gasteiger partial charge in [-0.2, -0.15) is 0 Å². The van der Waals surface area contributed by atoms with Crippen LogP contribution in [0.25, 0.3) is 10.8 Å². The predicted octanol–water partition coefficient (Wildman–Crippen LogP) is 2.65. The van der Waals surface area contributed by atoms with E-state index in [0.29, 0.717) is 18.9 Å². The Balaban J connectivity index is 1.51. The van der Waals surface area contributed by atoms with E-state index < -0.39 is 0 Å². The molecule has 2 aromatic carbocycles. The van der Waals surface area contributed by atoms with Crippen molar-refractivity contribution in [3.63, 3.8) is 0 Å². The molecule has 2 saturated heterocycles. The van der Waals surface area contributed by atoms with E-state index in [4.69, 9.17) is 0 Å². The molecule has 2 fully saturated rings. The summed E-state index contributed by atoms with van der Waals surface area (Å²) < 4.78 is 0. The smallest absolute Gasteiger partial charge is 0.228 e. The fourth-order valence-electron chi connectivity index (χ4n) is 4.53. The average Bonchev–Trinajstić information content (AvgIpc) is 3.09. The summed E-state index contributed by atoms with van der Waals surface area (Å²) in [6.45, 7) is 3.05. The molecule has 0 aromatic heterocycles. The van der Waals surface area contributed by atoms with E-state index in [1.165, 1.54) is 0 Å². The number of hydrogen-bond acceptors (Lipinski definition) is 3. The zero-order valence-corrected chi connectivity index (χ0v) is 15.9. The SMILES string of the molecule is CNCC1CCCN(C(=O)C2CC(=O)N(c3cccc4ccccc34)C2)C1. The van der Waals surface area contributed by atoms with E-state index in [2.05, 4.69) is 17.4 Å². The molecule has 2 aliphatic rings. The van der Waals surface area contributed by atoms with Gasteiger partial charge < -0.3 is 15.1 Å². The van der Waals surface area contributed by atoms with Crippen molar-refractivity contribution in [2.45, 2.75) is 19.3 Å². The molecule has 2 unspecified atom stereocenters. The molecule has 2 atom stereocenters. The normalized spacial score (nSPS) is 23.2. The Kier molecular flexibility index (Phi) is 5.12. The molecule has 142 valence electrons. The zero-order chi connectivity index (χ0) is 18.8. The molecule has 0 spiro atoms. The number of fused-ring (bicyclic) bond motifs is 1. The zero-order valence-electron chi connectivity index (χ0n) is 15.9. The quantitative estimate of drug-likeness (QED) is 0.906. The summed E-state index contributed by atoms with van der Waals surface area (Å²) in [5.74, 6) is 0.476. The summed E-state index contributed by atoms with van der Waals surface area (Å²) in [5.41, 5.74) is 0.917. The maximum absolute atomic E-state index is 13.1. The number of benzene rings is 2. The molecule has 1 N–H and O–H groups in total. The summed E-state index contributed by atoms with van der Waals surface area (Å²) in [5, 5.41) is 5.40. The van der Waals surface area contributed by atoms with Gasteiger partial charge in [-0.15, -0.1) is 0 Å². The number of likely N-dealkylation sites (tertiary alicyclic amines) is 1. The Hall–Kier alpha value is -2.40. The van der Waals surface area contributed by atoms with Gasteiger partial charge in [0.1, 0.15) is 0 Å². The molecule has 4 rings (SSSR count).